The fraction of sp³-hybridized carbons (Fsp3) is 0.895. The van der Waals surface area contributed by atoms with E-state index in [0.29, 0.717) is 32.4 Å². The average Bonchev–Trinajstić information content (AvgIpc) is 2.61. The first-order valence-electron chi connectivity index (χ1n) is 9.81. The maximum absolute atomic E-state index is 13.1. The zero-order chi connectivity index (χ0) is 19.2. The summed E-state index contributed by atoms with van der Waals surface area (Å²) in [6.07, 6.45) is 1.85. The summed E-state index contributed by atoms with van der Waals surface area (Å²) in [4.78, 5) is 15.4. The summed E-state index contributed by atoms with van der Waals surface area (Å²) in [5.74, 6) is -0.0967. The minimum Gasteiger partial charge on any atom is -0.361 e. The quantitative estimate of drug-likeness (QED) is 0.646. The summed E-state index contributed by atoms with van der Waals surface area (Å²) in [7, 11) is 0. The van der Waals surface area contributed by atoms with E-state index < -0.39 is 5.54 Å². The molecule has 0 radical (unpaired) electrons. The van der Waals surface area contributed by atoms with Gasteiger partial charge in [0.2, 0.25) is 5.91 Å². The molecule has 3 N–H and O–H groups in total. The van der Waals surface area contributed by atoms with Gasteiger partial charge in [0.1, 0.15) is 11.8 Å². The molecular weight excluding hydrogens is 330 g/mol. The van der Waals surface area contributed by atoms with Crippen molar-refractivity contribution in [2.24, 2.45) is 5.41 Å². The number of nitrogens with zero attached hydrogens (tertiary/aromatic N) is 2. The van der Waals surface area contributed by atoms with Gasteiger partial charge in [-0.1, -0.05) is 27.7 Å². The van der Waals surface area contributed by atoms with Crippen molar-refractivity contribution in [3.63, 3.8) is 0 Å². The van der Waals surface area contributed by atoms with Crippen LogP contribution in [0.2, 0.25) is 0 Å². The molecule has 0 aliphatic carbocycles. The van der Waals surface area contributed by atoms with Gasteiger partial charge >= 0.3 is 0 Å². The van der Waals surface area contributed by atoms with Crippen LogP contribution in [0, 0.1) is 16.7 Å². The maximum Gasteiger partial charge on any atom is 0.238 e. The molecule has 148 valence electrons. The Hall–Kier alpha value is -1.20. The van der Waals surface area contributed by atoms with Crippen molar-refractivity contribution in [1.29, 1.82) is 5.26 Å². The third kappa shape index (κ3) is 6.20. The highest BCUT2D eigenvalue weighted by molar-refractivity contribution is 5.83. The molecular formula is C19H35N5O2. The molecule has 2 heterocycles. The molecule has 1 amide bonds. The molecule has 7 nitrogen and oxygen atoms in total. The highest BCUT2D eigenvalue weighted by atomic mass is 16.5. The fourth-order valence-electron chi connectivity index (χ4n) is 3.58. The number of amides is 1. The molecule has 2 unspecified atom stereocenters. The van der Waals surface area contributed by atoms with Crippen molar-refractivity contribution in [2.45, 2.75) is 64.8 Å². The second-order valence-corrected chi connectivity index (χ2v) is 8.67. The van der Waals surface area contributed by atoms with Crippen molar-refractivity contribution in [1.82, 2.24) is 20.9 Å². The van der Waals surface area contributed by atoms with Gasteiger partial charge in [-0.2, -0.15) is 5.26 Å². The topological polar surface area (TPSA) is 89.4 Å². The third-order valence-corrected chi connectivity index (χ3v) is 5.18. The van der Waals surface area contributed by atoms with Crippen molar-refractivity contribution in [3.05, 3.63) is 0 Å². The average molecular weight is 366 g/mol. The molecule has 7 heteroatoms. The van der Waals surface area contributed by atoms with E-state index in [1.54, 1.807) is 0 Å². The molecule has 0 aromatic carbocycles. The monoisotopic (exact) mass is 365 g/mol. The van der Waals surface area contributed by atoms with Gasteiger partial charge in [0.25, 0.3) is 0 Å². The lowest BCUT2D eigenvalue weighted by Gasteiger charge is -2.39. The van der Waals surface area contributed by atoms with Crippen molar-refractivity contribution < 1.29 is 9.53 Å². The number of likely N-dealkylation sites (tertiary alicyclic amines) is 1. The summed E-state index contributed by atoms with van der Waals surface area (Å²) in [6, 6.07) is 2.00. The van der Waals surface area contributed by atoms with Crippen LogP contribution in [0.4, 0.5) is 0 Å². The number of hydrogen-bond donors (Lipinski definition) is 3. The minimum absolute atomic E-state index is 0.0114. The molecule has 2 aliphatic heterocycles. The van der Waals surface area contributed by atoms with Gasteiger partial charge in [-0.25, -0.2) is 0 Å². The zero-order valence-corrected chi connectivity index (χ0v) is 16.7. The van der Waals surface area contributed by atoms with Crippen LogP contribution in [-0.2, 0) is 9.53 Å². The zero-order valence-electron chi connectivity index (χ0n) is 16.7. The molecule has 0 aromatic heterocycles. The van der Waals surface area contributed by atoms with Gasteiger partial charge in [0.05, 0.1) is 18.7 Å². The predicted octanol–water partition coefficient (Wildman–Crippen LogP) is 0.821. The highest BCUT2D eigenvalue weighted by Gasteiger charge is 2.38. The molecule has 2 atom stereocenters. The lowest BCUT2D eigenvalue weighted by molar-refractivity contribution is -0.127. The lowest BCUT2D eigenvalue weighted by atomic mass is 9.85. The molecule has 0 spiro atoms. The second-order valence-electron chi connectivity index (χ2n) is 8.67. The van der Waals surface area contributed by atoms with Crippen molar-refractivity contribution >= 4 is 5.91 Å². The van der Waals surface area contributed by atoms with Gasteiger partial charge in [-0.15, -0.1) is 0 Å². The summed E-state index contributed by atoms with van der Waals surface area (Å²) >= 11 is 0. The predicted molar refractivity (Wildman–Crippen MR) is 101 cm³/mol. The summed E-state index contributed by atoms with van der Waals surface area (Å²) in [5.41, 5.74) is -0.769. The third-order valence-electron chi connectivity index (χ3n) is 5.18. The summed E-state index contributed by atoms with van der Waals surface area (Å²) in [5, 5.41) is 19.4. The number of piperidine rings is 1. The van der Waals surface area contributed by atoms with Crippen LogP contribution in [0.3, 0.4) is 0 Å². The number of nitrogens with one attached hydrogen (secondary N) is 3. The molecule has 2 fully saturated rings. The Morgan fingerprint density at radius 3 is 2.62 bits per heavy atom. The van der Waals surface area contributed by atoms with Crippen LogP contribution in [0.25, 0.3) is 0 Å². The fourth-order valence-corrected chi connectivity index (χ4v) is 3.58. The van der Waals surface area contributed by atoms with E-state index in [9.17, 15) is 10.1 Å². The summed E-state index contributed by atoms with van der Waals surface area (Å²) < 4.78 is 5.72. The summed E-state index contributed by atoms with van der Waals surface area (Å²) in [6.45, 7) is 13.3. The number of carbonyl (C=O) groups excluding carboxylic acids is 1. The minimum atomic E-state index is -0.758. The Balaban J connectivity index is 2.03. The van der Waals surface area contributed by atoms with Gasteiger partial charge in [-0.05, 0) is 31.2 Å². The number of rotatable bonds is 6. The number of morpholine rings is 1. The van der Waals surface area contributed by atoms with Crippen LogP contribution >= 0.6 is 0 Å². The van der Waals surface area contributed by atoms with E-state index in [1.165, 1.54) is 0 Å². The van der Waals surface area contributed by atoms with Crippen LogP contribution in [-0.4, -0.2) is 67.9 Å². The van der Waals surface area contributed by atoms with Crippen LogP contribution in [0.15, 0.2) is 0 Å². The van der Waals surface area contributed by atoms with Gasteiger partial charge in [-0.3, -0.25) is 10.1 Å². The van der Waals surface area contributed by atoms with Crippen LogP contribution in [0.5, 0.6) is 0 Å². The van der Waals surface area contributed by atoms with E-state index in [2.05, 4.69) is 54.6 Å². The largest absolute Gasteiger partial charge is 0.361 e. The normalized spacial score (nSPS) is 25.3. The Morgan fingerprint density at radius 1 is 1.42 bits per heavy atom. The van der Waals surface area contributed by atoms with E-state index in [1.807, 2.05) is 0 Å². The smallest absolute Gasteiger partial charge is 0.238 e. The highest BCUT2D eigenvalue weighted by Crippen LogP contribution is 2.24. The molecule has 2 rings (SSSR count). The Morgan fingerprint density at radius 2 is 2.12 bits per heavy atom. The van der Waals surface area contributed by atoms with Crippen molar-refractivity contribution in [3.8, 4) is 6.07 Å². The lowest BCUT2D eigenvalue weighted by Crippen LogP contribution is -2.61. The molecule has 2 saturated heterocycles. The maximum atomic E-state index is 13.1. The molecule has 0 saturated carbocycles. The Bertz CT molecular complexity index is 497. The van der Waals surface area contributed by atoms with Crippen LogP contribution in [0.1, 0.15) is 47.0 Å². The number of carbonyl (C=O) groups is 1. The molecule has 26 heavy (non-hydrogen) atoms. The standard InChI is InChI=1S/C19H35N5O2/c1-5-24-9-6-19(14-20,7-10-24)23-17(25)15(12-18(2,3)4)22-16-13-21-8-11-26-16/h15-16,21-22H,5-13H2,1-4H3,(H,23,25). The number of hydrogen-bond acceptors (Lipinski definition) is 6. The van der Waals surface area contributed by atoms with Crippen LogP contribution < -0.4 is 16.0 Å². The van der Waals surface area contributed by atoms with E-state index in [0.717, 1.165) is 26.2 Å². The van der Waals surface area contributed by atoms with E-state index in [4.69, 9.17) is 4.74 Å². The first kappa shape index (κ1) is 21.1. The first-order chi connectivity index (χ1) is 12.3. The molecule has 0 bridgehead atoms. The number of nitriles is 1. The van der Waals surface area contributed by atoms with Gasteiger partial charge < -0.3 is 20.3 Å². The van der Waals surface area contributed by atoms with E-state index in [-0.39, 0.29) is 23.6 Å². The Kier molecular flexibility index (Phi) is 7.42. The molecule has 2 aliphatic rings. The SMILES string of the molecule is CCN1CCC(C#N)(NC(=O)C(CC(C)(C)C)NC2CNCCO2)CC1. The molecule has 0 aromatic rings. The van der Waals surface area contributed by atoms with Gasteiger partial charge in [0, 0.05) is 26.2 Å². The van der Waals surface area contributed by atoms with Gasteiger partial charge in [0.15, 0.2) is 0 Å². The van der Waals surface area contributed by atoms with E-state index >= 15 is 0 Å². The first-order valence-corrected chi connectivity index (χ1v) is 9.81. The Labute approximate surface area is 157 Å². The van der Waals surface area contributed by atoms with Crippen molar-refractivity contribution in [2.75, 3.05) is 39.3 Å². The second kappa shape index (κ2) is 9.14. The number of ether oxygens (including phenoxy) is 1.